The van der Waals surface area contributed by atoms with Crippen LogP contribution in [0.2, 0.25) is 0 Å². The van der Waals surface area contributed by atoms with Crippen LogP contribution < -0.4 is 9.47 Å². The monoisotopic (exact) mass is 372 g/mol. The minimum absolute atomic E-state index is 0.259. The second kappa shape index (κ2) is 9.38. The fourth-order valence-electron chi connectivity index (χ4n) is 2.90. The lowest BCUT2D eigenvalue weighted by atomic mass is 10.0. The summed E-state index contributed by atoms with van der Waals surface area (Å²) < 4.78 is 44.3. The first-order chi connectivity index (χ1) is 12.0. The van der Waals surface area contributed by atoms with E-state index in [1.165, 1.54) is 4.31 Å². The molecule has 0 N–H and O–H groups in total. The molecule has 0 bridgehead atoms. The maximum Gasteiger partial charge on any atom is 0.281 e. The molecule has 1 aliphatic heterocycles. The molecule has 0 aromatic heterocycles. The van der Waals surface area contributed by atoms with E-state index < -0.39 is 10.2 Å². The first-order valence-corrected chi connectivity index (χ1v) is 9.84. The summed E-state index contributed by atoms with van der Waals surface area (Å²) in [4.78, 5) is 0. The van der Waals surface area contributed by atoms with Crippen LogP contribution in [0.15, 0.2) is 24.3 Å². The highest BCUT2D eigenvalue weighted by molar-refractivity contribution is 7.86. The average Bonchev–Trinajstić information content (AvgIpc) is 2.62. The summed E-state index contributed by atoms with van der Waals surface area (Å²) in [5, 5.41) is 0. The van der Waals surface area contributed by atoms with Crippen LogP contribution in [-0.2, 0) is 14.9 Å². The molecule has 1 fully saturated rings. The number of likely N-dealkylation sites (N-methyl/N-ethyl adjacent to an activating group) is 1. The van der Waals surface area contributed by atoms with Crippen molar-refractivity contribution < 1.29 is 22.6 Å². The highest BCUT2D eigenvalue weighted by Gasteiger charge is 2.31. The van der Waals surface area contributed by atoms with Crippen LogP contribution in [0.4, 0.5) is 0 Å². The first-order valence-electron chi connectivity index (χ1n) is 8.44. The summed E-state index contributed by atoms with van der Waals surface area (Å²) in [6.07, 6.45) is 1.87. The number of hydrogen-bond acceptors (Lipinski definition) is 5. The average molecular weight is 372 g/mol. The Kier molecular flexibility index (Phi) is 7.49. The molecule has 7 nitrogen and oxygen atoms in total. The summed E-state index contributed by atoms with van der Waals surface area (Å²) in [6.45, 7) is 2.22. The molecule has 142 valence electrons. The molecule has 0 spiro atoms. The third-order valence-electron chi connectivity index (χ3n) is 4.32. The molecule has 8 heteroatoms. The van der Waals surface area contributed by atoms with E-state index in [1.54, 1.807) is 31.6 Å². The molecule has 2 rings (SSSR count). The SMILES string of the molecule is COCC1CCCN(S(=O)(=O)N(C)CCOc2cccc(OC)c2)C1. The largest absolute Gasteiger partial charge is 0.497 e. The molecule has 1 saturated heterocycles. The molecular formula is C17H28N2O5S. The lowest BCUT2D eigenvalue weighted by molar-refractivity contribution is 0.116. The van der Waals surface area contributed by atoms with Gasteiger partial charge < -0.3 is 14.2 Å². The van der Waals surface area contributed by atoms with Crippen molar-refractivity contribution in [3.63, 3.8) is 0 Å². The normalized spacial score (nSPS) is 19.1. The van der Waals surface area contributed by atoms with Crippen LogP contribution in [0.25, 0.3) is 0 Å². The predicted molar refractivity (Wildman–Crippen MR) is 96.2 cm³/mol. The van der Waals surface area contributed by atoms with Crippen molar-refractivity contribution >= 4 is 10.2 Å². The Morgan fingerprint density at radius 2 is 2.04 bits per heavy atom. The molecule has 1 heterocycles. The van der Waals surface area contributed by atoms with Crippen molar-refractivity contribution in [1.82, 2.24) is 8.61 Å². The number of benzene rings is 1. The lowest BCUT2D eigenvalue weighted by Crippen LogP contribution is -2.48. The van der Waals surface area contributed by atoms with Crippen molar-refractivity contribution in [2.75, 3.05) is 54.1 Å². The minimum atomic E-state index is -3.47. The van der Waals surface area contributed by atoms with Gasteiger partial charge in [0.05, 0.1) is 13.7 Å². The van der Waals surface area contributed by atoms with E-state index in [4.69, 9.17) is 14.2 Å². The van der Waals surface area contributed by atoms with Crippen LogP contribution in [0, 0.1) is 5.92 Å². The van der Waals surface area contributed by atoms with Gasteiger partial charge in [-0.05, 0) is 30.9 Å². The Hall–Kier alpha value is -1.35. The fraction of sp³-hybridized carbons (Fsp3) is 0.647. The van der Waals surface area contributed by atoms with Crippen LogP contribution >= 0.6 is 0 Å². The van der Waals surface area contributed by atoms with Gasteiger partial charge in [0.1, 0.15) is 18.1 Å². The molecule has 0 aliphatic carbocycles. The molecule has 0 saturated carbocycles. The molecule has 1 aromatic rings. The Balaban J connectivity index is 1.86. The highest BCUT2D eigenvalue weighted by atomic mass is 32.2. The van der Waals surface area contributed by atoms with Crippen molar-refractivity contribution in [1.29, 1.82) is 0 Å². The van der Waals surface area contributed by atoms with Gasteiger partial charge >= 0.3 is 0 Å². The van der Waals surface area contributed by atoms with E-state index in [2.05, 4.69) is 0 Å². The van der Waals surface area contributed by atoms with Crippen LogP contribution in [0.5, 0.6) is 11.5 Å². The Bertz CT molecular complexity index is 636. The van der Waals surface area contributed by atoms with E-state index in [1.807, 2.05) is 18.2 Å². The van der Waals surface area contributed by atoms with Crippen molar-refractivity contribution in [2.24, 2.45) is 5.92 Å². The van der Waals surface area contributed by atoms with Gasteiger partial charge in [-0.1, -0.05) is 6.07 Å². The Morgan fingerprint density at radius 3 is 2.76 bits per heavy atom. The molecule has 1 aromatic carbocycles. The zero-order chi connectivity index (χ0) is 18.3. The maximum absolute atomic E-state index is 12.7. The Morgan fingerprint density at radius 1 is 1.28 bits per heavy atom. The number of methoxy groups -OCH3 is 2. The van der Waals surface area contributed by atoms with Crippen molar-refractivity contribution in [3.05, 3.63) is 24.3 Å². The smallest absolute Gasteiger partial charge is 0.281 e. The zero-order valence-electron chi connectivity index (χ0n) is 15.2. The van der Waals surface area contributed by atoms with Crippen LogP contribution in [-0.4, -0.2) is 71.1 Å². The first kappa shape index (κ1) is 20.0. The fourth-order valence-corrected chi connectivity index (χ4v) is 4.36. The molecule has 1 aliphatic rings. The lowest BCUT2D eigenvalue weighted by Gasteiger charge is -2.34. The number of rotatable bonds is 9. The molecular weight excluding hydrogens is 344 g/mol. The van der Waals surface area contributed by atoms with E-state index >= 15 is 0 Å². The van der Waals surface area contributed by atoms with Gasteiger partial charge in [-0.25, -0.2) is 0 Å². The number of piperidine rings is 1. The van der Waals surface area contributed by atoms with Gasteiger partial charge in [0.25, 0.3) is 10.2 Å². The molecule has 0 amide bonds. The zero-order valence-corrected chi connectivity index (χ0v) is 16.0. The summed E-state index contributed by atoms with van der Waals surface area (Å²) in [6, 6.07) is 7.25. The quantitative estimate of drug-likeness (QED) is 0.659. The van der Waals surface area contributed by atoms with E-state index in [0.29, 0.717) is 31.2 Å². The van der Waals surface area contributed by atoms with Gasteiger partial charge in [-0.3, -0.25) is 0 Å². The number of ether oxygens (including phenoxy) is 3. The molecule has 1 atom stereocenters. The topological polar surface area (TPSA) is 68.3 Å². The standard InChI is InChI=1S/C17H28N2O5S/c1-18(10-11-24-17-8-4-7-16(12-17)23-3)25(20,21)19-9-5-6-15(13-19)14-22-2/h4,7-8,12,15H,5-6,9-11,13-14H2,1-3H3. The van der Waals surface area contributed by atoms with Gasteiger partial charge in [-0.2, -0.15) is 17.0 Å². The molecule has 1 unspecified atom stereocenters. The van der Waals surface area contributed by atoms with Gasteiger partial charge in [-0.15, -0.1) is 0 Å². The highest BCUT2D eigenvalue weighted by Crippen LogP contribution is 2.21. The number of hydrogen-bond donors (Lipinski definition) is 0. The maximum atomic E-state index is 12.7. The van der Waals surface area contributed by atoms with Gasteiger partial charge in [0.2, 0.25) is 0 Å². The Labute approximate surface area is 150 Å². The van der Waals surface area contributed by atoms with E-state index in [0.717, 1.165) is 12.8 Å². The third-order valence-corrected chi connectivity index (χ3v) is 6.27. The summed E-state index contributed by atoms with van der Waals surface area (Å²) in [7, 11) is 1.35. The summed E-state index contributed by atoms with van der Waals surface area (Å²) >= 11 is 0. The molecule has 0 radical (unpaired) electrons. The number of nitrogens with zero attached hydrogens (tertiary/aromatic N) is 2. The van der Waals surface area contributed by atoms with Crippen molar-refractivity contribution in [2.45, 2.75) is 12.8 Å². The summed E-state index contributed by atoms with van der Waals surface area (Å²) in [5.41, 5.74) is 0. The predicted octanol–water partition coefficient (Wildman–Crippen LogP) is 1.61. The van der Waals surface area contributed by atoms with Gasteiger partial charge in [0, 0.05) is 39.9 Å². The van der Waals surface area contributed by atoms with E-state index in [9.17, 15) is 8.42 Å². The van der Waals surface area contributed by atoms with Gasteiger partial charge in [0.15, 0.2) is 0 Å². The summed E-state index contributed by atoms with van der Waals surface area (Å²) in [5.74, 6) is 1.62. The second-order valence-electron chi connectivity index (χ2n) is 6.18. The second-order valence-corrected chi connectivity index (χ2v) is 8.21. The minimum Gasteiger partial charge on any atom is -0.497 e. The van der Waals surface area contributed by atoms with E-state index in [-0.39, 0.29) is 19.1 Å². The van der Waals surface area contributed by atoms with Crippen molar-refractivity contribution in [3.8, 4) is 11.5 Å². The molecule has 25 heavy (non-hydrogen) atoms. The third kappa shape index (κ3) is 5.57. The van der Waals surface area contributed by atoms with Crippen LogP contribution in [0.1, 0.15) is 12.8 Å². The van der Waals surface area contributed by atoms with Crippen LogP contribution in [0.3, 0.4) is 0 Å².